The van der Waals surface area contributed by atoms with Crippen molar-refractivity contribution < 1.29 is 0 Å². The van der Waals surface area contributed by atoms with Gasteiger partial charge in [0.05, 0.1) is 5.69 Å². The van der Waals surface area contributed by atoms with Crippen LogP contribution in [0.3, 0.4) is 0 Å². The maximum Gasteiger partial charge on any atom is 0.0628 e. The Labute approximate surface area is 98.5 Å². The molecule has 0 aromatic carbocycles. The molecule has 0 fully saturated rings. The summed E-state index contributed by atoms with van der Waals surface area (Å²) >= 11 is 4.38. The Hall–Kier alpha value is -0.440. The third-order valence-corrected chi connectivity index (χ3v) is 3.75. The van der Waals surface area contributed by atoms with Gasteiger partial charge >= 0.3 is 0 Å². The quantitative estimate of drug-likeness (QED) is 0.781. The highest BCUT2D eigenvalue weighted by molar-refractivity contribution is 7.80. The van der Waals surface area contributed by atoms with Gasteiger partial charge in [0.1, 0.15) is 0 Å². The lowest BCUT2D eigenvalue weighted by molar-refractivity contribution is 0.329. The number of aryl methyl sites for hydroxylation is 1. The summed E-state index contributed by atoms with van der Waals surface area (Å²) < 4.78 is 2.13. The molecule has 15 heavy (non-hydrogen) atoms. The molecule has 3 heteroatoms. The van der Waals surface area contributed by atoms with Crippen molar-refractivity contribution in [2.75, 3.05) is 5.75 Å². The minimum absolute atomic E-state index is 0.206. The highest BCUT2D eigenvalue weighted by Gasteiger charge is 2.19. The average Bonchev–Trinajstić information content (AvgIpc) is 2.41. The Morgan fingerprint density at radius 1 is 1.33 bits per heavy atom. The van der Waals surface area contributed by atoms with E-state index in [0.29, 0.717) is 0 Å². The van der Waals surface area contributed by atoms with Crippen molar-refractivity contribution in [1.29, 1.82) is 0 Å². The van der Waals surface area contributed by atoms with Crippen LogP contribution in [0.15, 0.2) is 0 Å². The number of rotatable bonds is 4. The fourth-order valence-corrected chi connectivity index (χ4v) is 1.96. The van der Waals surface area contributed by atoms with Crippen LogP contribution >= 0.6 is 12.6 Å². The van der Waals surface area contributed by atoms with Crippen molar-refractivity contribution in [3.05, 3.63) is 17.0 Å². The normalized spacial score (nSPS) is 12.1. The van der Waals surface area contributed by atoms with Crippen molar-refractivity contribution >= 4 is 12.6 Å². The fourth-order valence-electron chi connectivity index (χ4n) is 1.86. The van der Waals surface area contributed by atoms with Gasteiger partial charge in [0, 0.05) is 12.2 Å². The van der Waals surface area contributed by atoms with Gasteiger partial charge in [-0.2, -0.15) is 17.7 Å². The van der Waals surface area contributed by atoms with E-state index in [2.05, 4.69) is 57.0 Å². The van der Waals surface area contributed by atoms with Crippen LogP contribution < -0.4 is 0 Å². The molecular weight excluding hydrogens is 204 g/mol. The van der Waals surface area contributed by atoms with E-state index in [-0.39, 0.29) is 5.41 Å². The molecule has 1 heterocycles. The molecule has 2 nitrogen and oxygen atoms in total. The van der Waals surface area contributed by atoms with Gasteiger partial charge in [-0.15, -0.1) is 0 Å². The number of aromatic nitrogens is 2. The van der Waals surface area contributed by atoms with E-state index < -0.39 is 0 Å². The molecule has 0 unspecified atom stereocenters. The van der Waals surface area contributed by atoms with E-state index in [0.717, 1.165) is 18.7 Å². The third kappa shape index (κ3) is 2.77. The van der Waals surface area contributed by atoms with Crippen molar-refractivity contribution in [3.8, 4) is 0 Å². The molecule has 86 valence electrons. The van der Waals surface area contributed by atoms with Crippen LogP contribution in [0, 0.1) is 19.3 Å². The lowest BCUT2D eigenvalue weighted by Crippen LogP contribution is -2.23. The highest BCUT2D eigenvalue weighted by atomic mass is 32.1. The summed E-state index contributed by atoms with van der Waals surface area (Å²) in [5.74, 6) is 0.882. The number of hydrogen-bond acceptors (Lipinski definition) is 2. The SMILES string of the molecule is CCc1c(C)nn(CC(C)(C)CS)c1C. The smallest absolute Gasteiger partial charge is 0.0628 e. The lowest BCUT2D eigenvalue weighted by Gasteiger charge is -2.22. The Morgan fingerprint density at radius 3 is 2.33 bits per heavy atom. The predicted octanol–water partition coefficient (Wildman–Crippen LogP) is 3.02. The lowest BCUT2D eigenvalue weighted by atomic mass is 9.96. The van der Waals surface area contributed by atoms with Crippen molar-refractivity contribution in [2.45, 2.75) is 47.6 Å². The maximum atomic E-state index is 4.60. The van der Waals surface area contributed by atoms with Crippen LogP contribution in [0.5, 0.6) is 0 Å². The van der Waals surface area contributed by atoms with Crippen molar-refractivity contribution in [2.24, 2.45) is 5.41 Å². The van der Waals surface area contributed by atoms with E-state index >= 15 is 0 Å². The summed E-state index contributed by atoms with van der Waals surface area (Å²) in [4.78, 5) is 0. The fraction of sp³-hybridized carbons (Fsp3) is 0.750. The molecule has 1 aromatic rings. The molecule has 0 amide bonds. The molecule has 0 bridgehead atoms. The second-order valence-electron chi connectivity index (χ2n) is 4.98. The van der Waals surface area contributed by atoms with E-state index in [4.69, 9.17) is 0 Å². The molecule has 0 saturated carbocycles. The van der Waals surface area contributed by atoms with Gasteiger partial charge < -0.3 is 0 Å². The summed E-state index contributed by atoms with van der Waals surface area (Å²) in [6.45, 7) is 11.8. The van der Waals surface area contributed by atoms with Crippen LogP contribution in [-0.4, -0.2) is 15.5 Å². The van der Waals surface area contributed by atoms with Crippen LogP contribution in [0.4, 0.5) is 0 Å². The molecule has 0 saturated heterocycles. The average molecular weight is 226 g/mol. The first-order valence-corrected chi connectivity index (χ1v) is 6.18. The second-order valence-corrected chi connectivity index (χ2v) is 5.30. The van der Waals surface area contributed by atoms with Crippen LogP contribution in [0.1, 0.15) is 37.7 Å². The van der Waals surface area contributed by atoms with E-state index in [1.807, 2.05) is 0 Å². The van der Waals surface area contributed by atoms with Crippen LogP contribution in [-0.2, 0) is 13.0 Å². The number of nitrogens with zero attached hydrogens (tertiary/aromatic N) is 2. The second kappa shape index (κ2) is 4.60. The largest absolute Gasteiger partial charge is 0.269 e. The first-order valence-electron chi connectivity index (χ1n) is 5.55. The topological polar surface area (TPSA) is 17.8 Å². The van der Waals surface area contributed by atoms with Crippen LogP contribution in [0.2, 0.25) is 0 Å². The zero-order chi connectivity index (χ0) is 11.6. The summed E-state index contributed by atoms with van der Waals surface area (Å²) in [6.07, 6.45) is 1.07. The van der Waals surface area contributed by atoms with Gasteiger partial charge in [-0.3, -0.25) is 4.68 Å². The van der Waals surface area contributed by atoms with Crippen LogP contribution in [0.25, 0.3) is 0 Å². The summed E-state index contributed by atoms with van der Waals surface area (Å²) in [7, 11) is 0. The van der Waals surface area contributed by atoms with Gasteiger partial charge in [-0.05, 0) is 37.0 Å². The Balaban J connectivity index is 2.97. The maximum absolute atomic E-state index is 4.60. The van der Waals surface area contributed by atoms with Gasteiger partial charge in [-0.25, -0.2) is 0 Å². The molecule has 0 N–H and O–H groups in total. The Bertz CT molecular complexity index is 340. The monoisotopic (exact) mass is 226 g/mol. The Kier molecular flexibility index (Phi) is 3.87. The molecule has 0 spiro atoms. The third-order valence-electron chi connectivity index (χ3n) is 2.89. The molecule has 0 radical (unpaired) electrons. The number of thiol groups is 1. The zero-order valence-electron chi connectivity index (χ0n) is 10.5. The molecule has 1 rings (SSSR count). The standard InChI is InChI=1S/C12H22N2S/c1-6-11-9(2)13-14(10(11)3)7-12(4,5)8-15/h15H,6-8H2,1-5H3. The summed E-state index contributed by atoms with van der Waals surface area (Å²) in [5, 5.41) is 4.60. The van der Waals surface area contributed by atoms with Crippen molar-refractivity contribution in [1.82, 2.24) is 9.78 Å². The van der Waals surface area contributed by atoms with Gasteiger partial charge in [-0.1, -0.05) is 20.8 Å². The Morgan fingerprint density at radius 2 is 1.93 bits per heavy atom. The zero-order valence-corrected chi connectivity index (χ0v) is 11.4. The summed E-state index contributed by atoms with van der Waals surface area (Å²) in [6, 6.07) is 0. The molecule has 0 aliphatic carbocycles. The number of hydrogen-bond donors (Lipinski definition) is 1. The molecule has 0 aliphatic rings. The van der Waals surface area contributed by atoms with E-state index in [1.165, 1.54) is 17.0 Å². The summed E-state index contributed by atoms with van der Waals surface area (Å²) in [5.41, 5.74) is 4.08. The first kappa shape index (κ1) is 12.6. The van der Waals surface area contributed by atoms with E-state index in [9.17, 15) is 0 Å². The minimum atomic E-state index is 0.206. The molecular formula is C12H22N2S. The first-order chi connectivity index (χ1) is 6.91. The predicted molar refractivity (Wildman–Crippen MR) is 68.7 cm³/mol. The van der Waals surface area contributed by atoms with Gasteiger partial charge in [0.15, 0.2) is 0 Å². The molecule has 1 aromatic heterocycles. The minimum Gasteiger partial charge on any atom is -0.269 e. The molecule has 0 atom stereocenters. The highest BCUT2D eigenvalue weighted by Crippen LogP contribution is 2.22. The van der Waals surface area contributed by atoms with Gasteiger partial charge in [0.2, 0.25) is 0 Å². The van der Waals surface area contributed by atoms with Gasteiger partial charge in [0.25, 0.3) is 0 Å². The molecule has 0 aliphatic heterocycles. The van der Waals surface area contributed by atoms with E-state index in [1.54, 1.807) is 0 Å². The van der Waals surface area contributed by atoms with Crippen molar-refractivity contribution in [3.63, 3.8) is 0 Å².